The summed E-state index contributed by atoms with van der Waals surface area (Å²) >= 11 is 0. The average Bonchev–Trinajstić information content (AvgIpc) is 2.22. The van der Waals surface area contributed by atoms with E-state index in [9.17, 15) is 5.11 Å². The summed E-state index contributed by atoms with van der Waals surface area (Å²) in [4.78, 5) is 0. The fraction of sp³-hybridized carbons (Fsp3) is 1.00. The Kier molecular flexibility index (Phi) is 0.912. The highest BCUT2D eigenvalue weighted by Crippen LogP contribution is 2.36. The van der Waals surface area contributed by atoms with E-state index >= 15 is 0 Å². The summed E-state index contributed by atoms with van der Waals surface area (Å²) in [6.45, 7) is 0. The van der Waals surface area contributed by atoms with Gasteiger partial charge in [0.05, 0.1) is 0 Å². The van der Waals surface area contributed by atoms with Gasteiger partial charge in [-0.05, 0) is 12.8 Å². The third-order valence-electron chi connectivity index (χ3n) is 2.17. The molecule has 1 saturated carbocycles. The molecule has 1 heterocycles. The van der Waals surface area contributed by atoms with Crippen LogP contribution in [0.5, 0.6) is 0 Å². The Balaban J connectivity index is 2.22. The molecule has 2 bridgehead atoms. The van der Waals surface area contributed by atoms with Crippen molar-refractivity contribution in [2.24, 2.45) is 0 Å². The lowest BCUT2D eigenvalue weighted by Gasteiger charge is -2.27. The quantitative estimate of drug-likeness (QED) is 0.411. The normalized spacial score (nSPS) is 50.7. The van der Waals surface area contributed by atoms with Crippen LogP contribution >= 0.6 is 0 Å². The van der Waals surface area contributed by atoms with Gasteiger partial charge in [-0.3, -0.25) is 5.21 Å². The summed E-state index contributed by atoms with van der Waals surface area (Å²) in [5.74, 6) is 0. The minimum atomic E-state index is -0.954. The van der Waals surface area contributed by atoms with E-state index in [1.54, 1.807) is 0 Å². The summed E-state index contributed by atoms with van der Waals surface area (Å²) in [5.41, 5.74) is 1.78. The van der Waals surface area contributed by atoms with Crippen LogP contribution in [-0.4, -0.2) is 27.3 Å². The highest BCUT2D eigenvalue weighted by atomic mass is 16.6. The molecule has 9 heavy (non-hydrogen) atoms. The molecule has 1 saturated heterocycles. The van der Waals surface area contributed by atoms with Gasteiger partial charge in [0.1, 0.15) is 0 Å². The number of nitrogens with zero attached hydrogens (tertiary/aromatic N) is 1. The summed E-state index contributed by atoms with van der Waals surface area (Å²) in [6.07, 6.45) is 2.30. The fourth-order valence-corrected chi connectivity index (χ4v) is 1.60. The lowest BCUT2D eigenvalue weighted by atomic mass is 10.2. The Morgan fingerprint density at radius 3 is 2.67 bits per heavy atom. The van der Waals surface area contributed by atoms with Crippen molar-refractivity contribution < 1.29 is 10.3 Å². The number of hydrogen-bond donors (Lipinski definition) is 3. The zero-order chi connectivity index (χ0) is 6.48. The van der Waals surface area contributed by atoms with E-state index in [-0.39, 0.29) is 0 Å². The standard InChI is InChI=1S/C5H10N2O2/c8-5-2-1-4(3-5)6-7(5)9/h4,6,8-9H,1-3H2. The van der Waals surface area contributed by atoms with Crippen molar-refractivity contribution in [2.75, 3.05) is 0 Å². The molecule has 0 aromatic rings. The van der Waals surface area contributed by atoms with Gasteiger partial charge in [0.25, 0.3) is 0 Å². The summed E-state index contributed by atoms with van der Waals surface area (Å²) < 4.78 is 0. The second kappa shape index (κ2) is 1.46. The van der Waals surface area contributed by atoms with Crippen molar-refractivity contribution >= 4 is 0 Å². The minimum Gasteiger partial charge on any atom is -0.372 e. The number of aliphatic hydroxyl groups is 1. The average molecular weight is 130 g/mol. The van der Waals surface area contributed by atoms with Crippen LogP contribution in [0.4, 0.5) is 0 Å². The predicted molar refractivity (Wildman–Crippen MR) is 29.3 cm³/mol. The Hall–Kier alpha value is -0.160. The van der Waals surface area contributed by atoms with Gasteiger partial charge in [-0.15, -0.1) is 0 Å². The number of fused-ring (bicyclic) bond motifs is 2. The minimum absolute atomic E-state index is 0.292. The zero-order valence-electron chi connectivity index (χ0n) is 5.04. The van der Waals surface area contributed by atoms with Crippen LogP contribution in [0.3, 0.4) is 0 Å². The second-order valence-electron chi connectivity index (χ2n) is 2.86. The zero-order valence-corrected chi connectivity index (χ0v) is 5.04. The van der Waals surface area contributed by atoms with Gasteiger partial charge in [0.15, 0.2) is 5.72 Å². The number of hydrogen-bond acceptors (Lipinski definition) is 4. The summed E-state index contributed by atoms with van der Waals surface area (Å²) in [6, 6.07) is 0.292. The van der Waals surface area contributed by atoms with E-state index in [1.165, 1.54) is 0 Å². The molecule has 2 unspecified atom stereocenters. The maximum Gasteiger partial charge on any atom is 0.157 e. The van der Waals surface area contributed by atoms with Crippen LogP contribution in [0, 0.1) is 0 Å². The Bertz CT molecular complexity index is 141. The second-order valence-corrected chi connectivity index (χ2v) is 2.86. The highest BCUT2D eigenvalue weighted by molar-refractivity contribution is 4.94. The first-order chi connectivity index (χ1) is 4.21. The number of nitrogens with one attached hydrogen (secondary N) is 1. The smallest absolute Gasteiger partial charge is 0.157 e. The first kappa shape index (κ1) is 5.61. The van der Waals surface area contributed by atoms with E-state index in [0.717, 1.165) is 11.6 Å². The van der Waals surface area contributed by atoms with Crippen molar-refractivity contribution in [3.8, 4) is 0 Å². The molecule has 0 amide bonds. The third-order valence-corrected chi connectivity index (χ3v) is 2.17. The first-order valence-corrected chi connectivity index (χ1v) is 3.18. The molecule has 1 aliphatic carbocycles. The molecule has 0 aromatic heterocycles. The van der Waals surface area contributed by atoms with Crippen LogP contribution in [0.15, 0.2) is 0 Å². The SMILES string of the molecule is ON1NC2CCC1(O)C2. The van der Waals surface area contributed by atoms with Gasteiger partial charge >= 0.3 is 0 Å². The molecule has 2 aliphatic rings. The molecule has 0 spiro atoms. The number of hydroxylamine groups is 1. The van der Waals surface area contributed by atoms with Gasteiger partial charge in [0, 0.05) is 12.5 Å². The van der Waals surface area contributed by atoms with E-state index in [2.05, 4.69) is 5.43 Å². The highest BCUT2D eigenvalue weighted by Gasteiger charge is 2.49. The van der Waals surface area contributed by atoms with Gasteiger partial charge in [-0.25, -0.2) is 5.43 Å². The van der Waals surface area contributed by atoms with Crippen LogP contribution in [0.25, 0.3) is 0 Å². The fourth-order valence-electron chi connectivity index (χ4n) is 1.60. The van der Waals surface area contributed by atoms with E-state index < -0.39 is 5.72 Å². The topological polar surface area (TPSA) is 55.7 Å². The van der Waals surface area contributed by atoms with Gasteiger partial charge in [0.2, 0.25) is 0 Å². The molecule has 1 aliphatic heterocycles. The van der Waals surface area contributed by atoms with E-state index in [0.29, 0.717) is 18.9 Å². The maximum atomic E-state index is 9.42. The molecular weight excluding hydrogens is 120 g/mol. The van der Waals surface area contributed by atoms with Gasteiger partial charge < -0.3 is 5.11 Å². The van der Waals surface area contributed by atoms with Crippen molar-refractivity contribution in [1.82, 2.24) is 10.6 Å². The van der Waals surface area contributed by atoms with Crippen molar-refractivity contribution in [3.05, 3.63) is 0 Å². The largest absolute Gasteiger partial charge is 0.372 e. The molecular formula is C5H10N2O2. The van der Waals surface area contributed by atoms with Crippen molar-refractivity contribution in [3.63, 3.8) is 0 Å². The van der Waals surface area contributed by atoms with Crippen LogP contribution in [0.2, 0.25) is 0 Å². The molecule has 0 radical (unpaired) electrons. The Labute approximate surface area is 53.0 Å². The van der Waals surface area contributed by atoms with Gasteiger partial charge in [-0.1, -0.05) is 5.17 Å². The monoisotopic (exact) mass is 130 g/mol. The molecule has 2 atom stereocenters. The number of rotatable bonds is 0. The summed E-state index contributed by atoms with van der Waals surface area (Å²) in [5, 5.41) is 19.2. The lowest BCUT2D eigenvalue weighted by molar-refractivity contribution is -0.273. The molecule has 4 nitrogen and oxygen atoms in total. The molecule has 2 fully saturated rings. The Morgan fingerprint density at radius 1 is 1.67 bits per heavy atom. The first-order valence-electron chi connectivity index (χ1n) is 3.18. The van der Waals surface area contributed by atoms with Crippen LogP contribution in [-0.2, 0) is 0 Å². The van der Waals surface area contributed by atoms with Crippen LogP contribution in [0.1, 0.15) is 19.3 Å². The molecule has 4 heteroatoms. The Morgan fingerprint density at radius 2 is 2.44 bits per heavy atom. The van der Waals surface area contributed by atoms with Crippen molar-refractivity contribution in [2.45, 2.75) is 31.0 Å². The number of hydrazine groups is 1. The van der Waals surface area contributed by atoms with E-state index in [4.69, 9.17) is 5.21 Å². The van der Waals surface area contributed by atoms with Crippen molar-refractivity contribution in [1.29, 1.82) is 0 Å². The van der Waals surface area contributed by atoms with Gasteiger partial charge in [-0.2, -0.15) is 0 Å². The molecule has 3 N–H and O–H groups in total. The lowest BCUT2D eigenvalue weighted by Crippen LogP contribution is -2.48. The third kappa shape index (κ3) is 0.616. The molecule has 2 rings (SSSR count). The van der Waals surface area contributed by atoms with E-state index in [1.807, 2.05) is 0 Å². The molecule has 0 aromatic carbocycles. The maximum absolute atomic E-state index is 9.42. The van der Waals surface area contributed by atoms with Crippen LogP contribution < -0.4 is 5.43 Å². The predicted octanol–water partition coefficient (Wildman–Crippen LogP) is -0.563. The summed E-state index contributed by atoms with van der Waals surface area (Å²) in [7, 11) is 0. The molecule has 52 valence electrons.